The van der Waals surface area contributed by atoms with Crippen LogP contribution in [0.3, 0.4) is 0 Å². The topological polar surface area (TPSA) is 41.8 Å². The van der Waals surface area contributed by atoms with Crippen molar-refractivity contribution < 1.29 is 4.39 Å². The Hall–Kier alpha value is -1.77. The first-order chi connectivity index (χ1) is 6.27. The van der Waals surface area contributed by atoms with E-state index >= 15 is 0 Å². The van der Waals surface area contributed by atoms with E-state index in [0.717, 1.165) is 0 Å². The number of H-pyrrole nitrogens is 1. The third-order valence-electron chi connectivity index (χ3n) is 1.87. The number of benzene rings is 1. The first kappa shape index (κ1) is 7.86. The van der Waals surface area contributed by atoms with Crippen molar-refractivity contribution in [1.29, 1.82) is 0 Å². The van der Waals surface area contributed by atoms with Crippen molar-refractivity contribution in [3.05, 3.63) is 42.2 Å². The third kappa shape index (κ3) is 1.40. The molecule has 0 amide bonds. The number of nitrogen functional groups attached to an aromatic ring is 1. The van der Waals surface area contributed by atoms with Crippen molar-refractivity contribution in [3.8, 4) is 11.3 Å². The Labute approximate surface area is 75.2 Å². The average molecular weight is 176 g/mol. The highest BCUT2D eigenvalue weighted by molar-refractivity contribution is 5.62. The number of nitrogens with two attached hydrogens (primary N) is 1. The Kier molecular flexibility index (Phi) is 1.77. The molecule has 1 aromatic carbocycles. The van der Waals surface area contributed by atoms with Crippen molar-refractivity contribution in [2.75, 3.05) is 5.73 Å². The molecule has 13 heavy (non-hydrogen) atoms. The summed E-state index contributed by atoms with van der Waals surface area (Å²) in [6.45, 7) is 0. The van der Waals surface area contributed by atoms with Gasteiger partial charge in [0, 0.05) is 11.3 Å². The molecule has 0 bridgehead atoms. The summed E-state index contributed by atoms with van der Waals surface area (Å²) in [5.74, 6) is 0.294. The fourth-order valence-corrected chi connectivity index (χ4v) is 1.25. The maximum Gasteiger partial charge on any atom is 0.132 e. The van der Waals surface area contributed by atoms with Gasteiger partial charge in [0.25, 0.3) is 0 Å². The highest BCUT2D eigenvalue weighted by Gasteiger charge is 2.04. The van der Waals surface area contributed by atoms with Crippen molar-refractivity contribution in [3.63, 3.8) is 0 Å². The molecule has 0 unspecified atom stereocenters. The number of nitrogens with one attached hydrogen (secondary N) is 1. The lowest BCUT2D eigenvalue weighted by atomic mass is 10.1. The van der Waals surface area contributed by atoms with Gasteiger partial charge in [-0.25, -0.2) is 4.39 Å². The van der Waals surface area contributed by atoms with Crippen LogP contribution < -0.4 is 5.73 Å². The largest absolute Gasteiger partial charge is 0.385 e. The van der Waals surface area contributed by atoms with E-state index in [1.165, 1.54) is 6.07 Å². The summed E-state index contributed by atoms with van der Waals surface area (Å²) in [6.07, 6.45) is 0. The molecule has 0 spiro atoms. The number of rotatable bonds is 1. The third-order valence-corrected chi connectivity index (χ3v) is 1.87. The van der Waals surface area contributed by atoms with Crippen molar-refractivity contribution in [2.45, 2.75) is 0 Å². The molecule has 1 heterocycles. The van der Waals surface area contributed by atoms with Gasteiger partial charge in [-0.3, -0.25) is 0 Å². The van der Waals surface area contributed by atoms with Gasteiger partial charge in [0.2, 0.25) is 0 Å². The van der Waals surface area contributed by atoms with Crippen LogP contribution in [0, 0.1) is 5.82 Å². The molecule has 0 aliphatic heterocycles. The van der Waals surface area contributed by atoms with Gasteiger partial charge in [-0.1, -0.05) is 12.1 Å². The molecule has 3 N–H and O–H groups in total. The Balaban J connectivity index is 2.52. The van der Waals surface area contributed by atoms with E-state index in [0.29, 0.717) is 17.1 Å². The zero-order valence-electron chi connectivity index (χ0n) is 6.92. The van der Waals surface area contributed by atoms with Gasteiger partial charge in [0.15, 0.2) is 0 Å². The molecular weight excluding hydrogens is 167 g/mol. The molecule has 0 aliphatic rings. The van der Waals surface area contributed by atoms with E-state index < -0.39 is 0 Å². The van der Waals surface area contributed by atoms with Crippen LogP contribution in [0.1, 0.15) is 0 Å². The van der Waals surface area contributed by atoms with E-state index in [-0.39, 0.29) is 5.82 Å². The summed E-state index contributed by atoms with van der Waals surface area (Å²) in [7, 11) is 0. The van der Waals surface area contributed by atoms with Crippen LogP contribution in [0.2, 0.25) is 0 Å². The summed E-state index contributed by atoms with van der Waals surface area (Å²) >= 11 is 0. The molecule has 0 atom stereocenters. The summed E-state index contributed by atoms with van der Waals surface area (Å²) < 4.78 is 13.2. The molecule has 0 aliphatic carbocycles. The Morgan fingerprint density at radius 1 is 1.08 bits per heavy atom. The predicted molar refractivity (Wildman–Crippen MR) is 50.6 cm³/mol. The van der Waals surface area contributed by atoms with E-state index in [4.69, 9.17) is 5.73 Å². The van der Waals surface area contributed by atoms with E-state index in [1.54, 1.807) is 30.3 Å². The van der Waals surface area contributed by atoms with Crippen LogP contribution >= 0.6 is 0 Å². The molecule has 0 radical (unpaired) electrons. The molecule has 1 aromatic heterocycles. The minimum Gasteiger partial charge on any atom is -0.385 e. The van der Waals surface area contributed by atoms with Crippen LogP contribution in [-0.4, -0.2) is 4.98 Å². The average Bonchev–Trinajstić information content (AvgIpc) is 2.53. The second kappa shape index (κ2) is 2.94. The SMILES string of the molecule is Nc1ccc(-c2ccccc2F)[nH]1. The fraction of sp³-hybridized carbons (Fsp3) is 0. The molecule has 66 valence electrons. The normalized spacial score (nSPS) is 10.2. The number of halogens is 1. The van der Waals surface area contributed by atoms with E-state index in [1.807, 2.05) is 0 Å². The summed E-state index contributed by atoms with van der Waals surface area (Å²) in [6, 6.07) is 10.0. The van der Waals surface area contributed by atoms with E-state index in [2.05, 4.69) is 4.98 Å². The van der Waals surface area contributed by atoms with Crippen molar-refractivity contribution in [1.82, 2.24) is 4.98 Å². The second-order valence-electron chi connectivity index (χ2n) is 2.81. The van der Waals surface area contributed by atoms with Gasteiger partial charge in [-0.15, -0.1) is 0 Å². The fourth-order valence-electron chi connectivity index (χ4n) is 1.25. The molecule has 0 fully saturated rings. The van der Waals surface area contributed by atoms with Gasteiger partial charge in [-0.05, 0) is 24.3 Å². The summed E-state index contributed by atoms with van der Waals surface area (Å²) in [5, 5.41) is 0. The smallest absolute Gasteiger partial charge is 0.132 e. The van der Waals surface area contributed by atoms with Gasteiger partial charge in [0.1, 0.15) is 11.6 Å². The van der Waals surface area contributed by atoms with Crippen molar-refractivity contribution >= 4 is 5.82 Å². The highest BCUT2D eigenvalue weighted by atomic mass is 19.1. The number of anilines is 1. The molecule has 2 rings (SSSR count). The summed E-state index contributed by atoms with van der Waals surface area (Å²) in [5.41, 5.74) is 6.73. The Morgan fingerprint density at radius 2 is 1.85 bits per heavy atom. The molecule has 2 nitrogen and oxygen atoms in total. The first-order valence-electron chi connectivity index (χ1n) is 3.97. The first-order valence-corrected chi connectivity index (χ1v) is 3.97. The molecule has 3 heteroatoms. The van der Waals surface area contributed by atoms with Gasteiger partial charge in [0.05, 0.1) is 0 Å². The van der Waals surface area contributed by atoms with Crippen LogP contribution in [0.5, 0.6) is 0 Å². The standard InChI is InChI=1S/C10H9FN2/c11-8-4-2-1-3-7(8)9-5-6-10(12)13-9/h1-6,13H,12H2. The number of hydrogen-bond donors (Lipinski definition) is 2. The van der Waals surface area contributed by atoms with Gasteiger partial charge in [-0.2, -0.15) is 0 Å². The minimum atomic E-state index is -0.246. The Bertz CT molecular complexity index is 420. The minimum absolute atomic E-state index is 0.246. The van der Waals surface area contributed by atoms with Gasteiger partial charge < -0.3 is 10.7 Å². The van der Waals surface area contributed by atoms with E-state index in [9.17, 15) is 4.39 Å². The maximum atomic E-state index is 13.2. The number of aromatic nitrogens is 1. The quantitative estimate of drug-likeness (QED) is 0.688. The molecule has 0 saturated carbocycles. The van der Waals surface area contributed by atoms with Crippen LogP contribution in [0.25, 0.3) is 11.3 Å². The predicted octanol–water partition coefficient (Wildman–Crippen LogP) is 2.40. The van der Waals surface area contributed by atoms with Crippen LogP contribution in [0.4, 0.5) is 10.2 Å². The van der Waals surface area contributed by atoms with Crippen molar-refractivity contribution in [2.24, 2.45) is 0 Å². The molecule has 2 aromatic rings. The van der Waals surface area contributed by atoms with Crippen LogP contribution in [0.15, 0.2) is 36.4 Å². The number of hydrogen-bond acceptors (Lipinski definition) is 1. The second-order valence-corrected chi connectivity index (χ2v) is 2.81. The van der Waals surface area contributed by atoms with Gasteiger partial charge >= 0.3 is 0 Å². The van der Waals surface area contributed by atoms with Crippen LogP contribution in [-0.2, 0) is 0 Å². The maximum absolute atomic E-state index is 13.2. The Morgan fingerprint density at radius 3 is 2.46 bits per heavy atom. The zero-order valence-corrected chi connectivity index (χ0v) is 6.92. The summed E-state index contributed by atoms with van der Waals surface area (Å²) in [4.78, 5) is 2.87. The lowest BCUT2D eigenvalue weighted by Gasteiger charge is -1.98. The lowest BCUT2D eigenvalue weighted by molar-refractivity contribution is 0.631. The molecule has 0 saturated heterocycles. The number of aromatic amines is 1. The zero-order chi connectivity index (χ0) is 9.26. The highest BCUT2D eigenvalue weighted by Crippen LogP contribution is 2.21. The monoisotopic (exact) mass is 176 g/mol. The lowest BCUT2D eigenvalue weighted by Crippen LogP contribution is -1.85. The molecular formula is C10H9FN2.